The Bertz CT molecular complexity index is 1160. The molecule has 2 aromatic rings. The van der Waals surface area contributed by atoms with Crippen LogP contribution in [0.3, 0.4) is 0 Å². The highest BCUT2D eigenvalue weighted by atomic mass is 19.3. The molecule has 1 saturated heterocycles. The van der Waals surface area contributed by atoms with Crippen molar-refractivity contribution in [1.29, 1.82) is 0 Å². The van der Waals surface area contributed by atoms with Gasteiger partial charge in [0.1, 0.15) is 5.54 Å². The molecule has 2 fully saturated rings. The van der Waals surface area contributed by atoms with Gasteiger partial charge in [-0.15, -0.1) is 0 Å². The van der Waals surface area contributed by atoms with E-state index in [0.717, 1.165) is 21.6 Å². The van der Waals surface area contributed by atoms with Gasteiger partial charge in [-0.3, -0.25) is 14.5 Å². The number of halogens is 2. The van der Waals surface area contributed by atoms with Crippen molar-refractivity contribution in [1.82, 2.24) is 10.2 Å². The van der Waals surface area contributed by atoms with E-state index in [9.17, 15) is 23.2 Å². The summed E-state index contributed by atoms with van der Waals surface area (Å²) >= 11 is 0. The van der Waals surface area contributed by atoms with Crippen molar-refractivity contribution in [2.45, 2.75) is 44.1 Å². The maximum absolute atomic E-state index is 13.5. The number of amides is 3. The van der Waals surface area contributed by atoms with E-state index in [1.54, 1.807) is 36.4 Å². The van der Waals surface area contributed by atoms with E-state index in [1.807, 2.05) is 13.0 Å². The summed E-state index contributed by atoms with van der Waals surface area (Å²) in [4.78, 5) is 42.3. The molecule has 1 heterocycles. The molecule has 2 aliphatic rings. The highest BCUT2D eigenvalue weighted by molar-refractivity contribution is 6.11. The van der Waals surface area contributed by atoms with Crippen molar-refractivity contribution < 1.29 is 23.2 Å². The molecule has 1 aliphatic carbocycles. The molecule has 32 heavy (non-hydrogen) atoms. The zero-order valence-corrected chi connectivity index (χ0v) is 17.5. The molecule has 0 radical (unpaired) electrons. The van der Waals surface area contributed by atoms with Crippen molar-refractivity contribution in [3.63, 3.8) is 0 Å². The van der Waals surface area contributed by atoms with Crippen LogP contribution in [0.4, 0.5) is 19.3 Å². The Labute approximate surface area is 184 Å². The fourth-order valence-electron chi connectivity index (χ4n) is 4.34. The van der Waals surface area contributed by atoms with Crippen molar-refractivity contribution in [3.05, 3.63) is 65.0 Å². The molecule has 0 atom stereocenters. The number of ketones is 1. The second kappa shape index (κ2) is 7.83. The van der Waals surface area contributed by atoms with Crippen molar-refractivity contribution in [3.8, 4) is 11.1 Å². The van der Waals surface area contributed by atoms with Crippen LogP contribution >= 0.6 is 0 Å². The van der Waals surface area contributed by atoms with Gasteiger partial charge in [-0.1, -0.05) is 30.3 Å². The zero-order chi connectivity index (χ0) is 23.1. The number of carbonyl (C=O) groups excluding carboxylic acids is 3. The second-order valence-electron chi connectivity index (χ2n) is 8.37. The fourth-order valence-corrected chi connectivity index (χ4v) is 4.34. The van der Waals surface area contributed by atoms with E-state index >= 15 is 0 Å². The van der Waals surface area contributed by atoms with Gasteiger partial charge in [0.2, 0.25) is 5.92 Å². The summed E-state index contributed by atoms with van der Waals surface area (Å²) in [7, 11) is 0. The van der Waals surface area contributed by atoms with Gasteiger partial charge in [0, 0.05) is 18.4 Å². The molecule has 1 aliphatic heterocycles. The fraction of sp³-hybridized carbons (Fsp3) is 0.333. The van der Waals surface area contributed by atoms with Crippen LogP contribution in [0, 0.1) is 13.5 Å². The Morgan fingerprint density at radius 2 is 1.84 bits per heavy atom. The minimum absolute atomic E-state index is 0.146. The maximum Gasteiger partial charge on any atom is 0.325 e. The molecule has 1 saturated carbocycles. The van der Waals surface area contributed by atoms with Gasteiger partial charge in [-0.2, -0.15) is 0 Å². The molecule has 8 heteroatoms. The Hall–Kier alpha value is -3.60. The number of benzene rings is 2. The average Bonchev–Trinajstić information content (AvgIpc) is 3.00. The minimum Gasteiger partial charge on any atom is -0.323 e. The standard InChI is InChI=1S/C24H21F2N3O3/c1-15-12-17(6-7-19(15)16-4-3-5-18(13-16)27-2)20(30)14-29-21(31)23(28-22(29)32)8-10-24(25,26)11-9-23/h3-7,12-13H,8-11,14H2,1H3,(H,28,32). The first-order chi connectivity index (χ1) is 15.1. The lowest BCUT2D eigenvalue weighted by atomic mass is 9.80. The van der Waals surface area contributed by atoms with Crippen LogP contribution in [-0.2, 0) is 4.79 Å². The van der Waals surface area contributed by atoms with E-state index in [4.69, 9.17) is 6.57 Å². The second-order valence-corrected chi connectivity index (χ2v) is 8.37. The highest BCUT2D eigenvalue weighted by Gasteiger charge is 2.55. The van der Waals surface area contributed by atoms with Gasteiger partial charge < -0.3 is 5.32 Å². The molecular formula is C24H21F2N3O3. The zero-order valence-electron chi connectivity index (χ0n) is 17.5. The van der Waals surface area contributed by atoms with Gasteiger partial charge >= 0.3 is 6.03 Å². The molecule has 1 spiro atoms. The number of nitrogens with one attached hydrogen (secondary N) is 1. The van der Waals surface area contributed by atoms with Crippen molar-refractivity contribution in [2.75, 3.05) is 6.54 Å². The summed E-state index contributed by atoms with van der Waals surface area (Å²) in [6, 6.07) is 11.5. The van der Waals surface area contributed by atoms with Gasteiger partial charge in [-0.05, 0) is 48.6 Å². The molecule has 0 bridgehead atoms. The monoisotopic (exact) mass is 437 g/mol. The lowest BCUT2D eigenvalue weighted by molar-refractivity contribution is -0.135. The van der Waals surface area contributed by atoms with Crippen molar-refractivity contribution >= 4 is 23.4 Å². The van der Waals surface area contributed by atoms with Crippen LogP contribution in [-0.4, -0.2) is 40.6 Å². The lowest BCUT2D eigenvalue weighted by Gasteiger charge is -2.34. The van der Waals surface area contributed by atoms with Gasteiger partial charge in [-0.25, -0.2) is 18.4 Å². The summed E-state index contributed by atoms with van der Waals surface area (Å²) < 4.78 is 27.0. The Morgan fingerprint density at radius 3 is 2.50 bits per heavy atom. The quantitative estimate of drug-likeness (QED) is 0.420. The topological polar surface area (TPSA) is 70.8 Å². The minimum atomic E-state index is -2.84. The van der Waals surface area contributed by atoms with Crippen LogP contribution < -0.4 is 5.32 Å². The first kappa shape index (κ1) is 21.6. The van der Waals surface area contributed by atoms with E-state index < -0.39 is 48.6 Å². The predicted octanol–water partition coefficient (Wildman–Crippen LogP) is 4.90. The third-order valence-electron chi connectivity index (χ3n) is 6.22. The lowest BCUT2D eigenvalue weighted by Crippen LogP contribution is -2.51. The largest absolute Gasteiger partial charge is 0.325 e. The third-order valence-corrected chi connectivity index (χ3v) is 6.22. The molecule has 164 valence electrons. The molecule has 0 aromatic heterocycles. The summed E-state index contributed by atoms with van der Waals surface area (Å²) in [6.07, 6.45) is -1.24. The molecule has 6 nitrogen and oxygen atoms in total. The first-order valence-corrected chi connectivity index (χ1v) is 10.3. The number of aryl methyl sites for hydroxylation is 1. The number of imide groups is 1. The van der Waals surface area contributed by atoms with E-state index in [-0.39, 0.29) is 12.8 Å². The van der Waals surface area contributed by atoms with Crippen LogP contribution in [0.1, 0.15) is 41.6 Å². The number of rotatable bonds is 4. The van der Waals surface area contributed by atoms with E-state index in [2.05, 4.69) is 10.2 Å². The number of urea groups is 1. The first-order valence-electron chi connectivity index (χ1n) is 10.3. The summed E-state index contributed by atoms with van der Waals surface area (Å²) in [6.45, 7) is 8.54. The number of nitrogens with zero attached hydrogens (tertiary/aromatic N) is 2. The smallest absolute Gasteiger partial charge is 0.323 e. The highest BCUT2D eigenvalue weighted by Crippen LogP contribution is 2.41. The van der Waals surface area contributed by atoms with Crippen LogP contribution in [0.15, 0.2) is 42.5 Å². The van der Waals surface area contributed by atoms with E-state index in [1.165, 1.54) is 0 Å². The number of hydrogen-bond acceptors (Lipinski definition) is 3. The normalized spacial score (nSPS) is 19.0. The summed E-state index contributed by atoms with van der Waals surface area (Å²) in [5.41, 5.74) is 2.02. The van der Waals surface area contributed by atoms with E-state index in [0.29, 0.717) is 11.3 Å². The number of carbonyl (C=O) groups is 3. The molecule has 2 aromatic carbocycles. The molecular weight excluding hydrogens is 416 g/mol. The summed E-state index contributed by atoms with van der Waals surface area (Å²) in [5.74, 6) is -3.88. The van der Waals surface area contributed by atoms with Gasteiger partial charge in [0.05, 0.1) is 13.1 Å². The van der Waals surface area contributed by atoms with Gasteiger partial charge in [0.15, 0.2) is 11.5 Å². The SMILES string of the molecule is [C-]#[N+]c1cccc(-c2ccc(C(=O)CN3C(=O)NC4(CCC(F)(F)CC4)C3=O)cc2C)c1. The molecule has 4 rings (SSSR count). The number of hydrogen-bond donors (Lipinski definition) is 1. The molecule has 1 N–H and O–H groups in total. The molecule has 3 amide bonds. The predicted molar refractivity (Wildman–Crippen MR) is 114 cm³/mol. The Kier molecular flexibility index (Phi) is 5.29. The number of alkyl halides is 2. The van der Waals surface area contributed by atoms with Crippen LogP contribution in [0.25, 0.3) is 16.0 Å². The number of Topliss-reactive ketones (excluding diaryl/α,β-unsaturated/α-hetero) is 1. The average molecular weight is 437 g/mol. The van der Waals surface area contributed by atoms with Crippen LogP contribution in [0.5, 0.6) is 0 Å². The van der Waals surface area contributed by atoms with Crippen LogP contribution in [0.2, 0.25) is 0 Å². The molecule has 0 unspecified atom stereocenters. The third kappa shape index (κ3) is 3.86. The Balaban J connectivity index is 1.51. The van der Waals surface area contributed by atoms with Gasteiger partial charge in [0.25, 0.3) is 5.91 Å². The maximum atomic E-state index is 13.5. The van der Waals surface area contributed by atoms with Crippen molar-refractivity contribution in [2.24, 2.45) is 0 Å². The summed E-state index contributed by atoms with van der Waals surface area (Å²) in [5, 5.41) is 2.54. The Morgan fingerprint density at radius 1 is 1.12 bits per heavy atom.